The van der Waals surface area contributed by atoms with Gasteiger partial charge in [0.05, 0.1) is 5.52 Å². The zero-order chi connectivity index (χ0) is 18.0. The monoisotopic (exact) mass is 343 g/mol. The van der Waals surface area contributed by atoms with Gasteiger partial charge in [0.25, 0.3) is 0 Å². The molecule has 0 aliphatic heterocycles. The quantitative estimate of drug-likeness (QED) is 0.229. The molecule has 5 aromatic carbocycles. The van der Waals surface area contributed by atoms with E-state index in [1.54, 1.807) is 0 Å². The molecule has 27 heavy (non-hydrogen) atoms. The second-order valence-corrected chi connectivity index (χ2v) is 7.35. The summed E-state index contributed by atoms with van der Waals surface area (Å²) in [6.45, 7) is 2.13. The van der Waals surface area contributed by atoms with Crippen LogP contribution in [0.5, 0.6) is 0 Å². The fraction of sp³-hybridized carbons (Fsp3) is 0.0385. The van der Waals surface area contributed by atoms with Crippen molar-refractivity contribution in [1.29, 1.82) is 0 Å². The highest BCUT2D eigenvalue weighted by Gasteiger charge is 2.15. The molecule has 1 heteroatoms. The van der Waals surface area contributed by atoms with E-state index in [-0.39, 0.29) is 0 Å². The summed E-state index contributed by atoms with van der Waals surface area (Å²) in [5.41, 5.74) is 4.87. The number of fused-ring (bicyclic) bond motifs is 2. The topological polar surface area (TPSA) is 12.9 Å². The van der Waals surface area contributed by atoms with Crippen LogP contribution in [0.2, 0.25) is 0 Å². The summed E-state index contributed by atoms with van der Waals surface area (Å²) in [4.78, 5) is 4.66. The van der Waals surface area contributed by atoms with Gasteiger partial charge in [0.15, 0.2) is 0 Å². The van der Waals surface area contributed by atoms with E-state index in [9.17, 15) is 0 Å². The first-order chi connectivity index (χ1) is 13.3. The average molecular weight is 343 g/mol. The van der Waals surface area contributed by atoms with Crippen molar-refractivity contribution in [3.8, 4) is 11.1 Å². The van der Waals surface area contributed by atoms with Crippen molar-refractivity contribution in [1.82, 2.24) is 4.98 Å². The minimum atomic E-state index is 1.06. The molecule has 0 atom stereocenters. The average Bonchev–Trinajstić information content (AvgIpc) is 2.72. The molecule has 6 aromatic rings. The van der Waals surface area contributed by atoms with Gasteiger partial charge in [-0.1, -0.05) is 60.2 Å². The highest BCUT2D eigenvalue weighted by molar-refractivity contribution is 6.30. The maximum absolute atomic E-state index is 4.66. The van der Waals surface area contributed by atoms with Crippen LogP contribution in [-0.2, 0) is 0 Å². The molecule has 6 rings (SSSR count). The molecule has 0 N–H and O–H groups in total. The summed E-state index contributed by atoms with van der Waals surface area (Å²) < 4.78 is 0. The fourth-order valence-electron chi connectivity index (χ4n) is 4.42. The SMILES string of the molecule is Cc1ccc(-c2cc3cc4ccccc4c4ccc5nccc2c5c34)cc1. The minimum absolute atomic E-state index is 1.06. The maximum Gasteiger partial charge on any atom is 0.0714 e. The molecule has 1 heterocycles. The summed E-state index contributed by atoms with van der Waals surface area (Å²) in [5, 5.41) is 9.05. The Bertz CT molecular complexity index is 1460. The lowest BCUT2D eigenvalue weighted by atomic mass is 9.88. The van der Waals surface area contributed by atoms with Gasteiger partial charge in [-0.15, -0.1) is 0 Å². The Morgan fingerprint density at radius 3 is 2.37 bits per heavy atom. The molecule has 0 saturated heterocycles. The molecule has 0 saturated carbocycles. The Balaban J connectivity index is 1.87. The van der Waals surface area contributed by atoms with E-state index < -0.39 is 0 Å². The van der Waals surface area contributed by atoms with E-state index in [1.165, 1.54) is 54.4 Å². The number of pyridine rings is 1. The normalized spacial score (nSPS) is 11.9. The predicted molar refractivity (Wildman–Crippen MR) is 116 cm³/mol. The molecule has 1 nitrogen and oxygen atoms in total. The lowest BCUT2D eigenvalue weighted by molar-refractivity contribution is 1.43. The molecule has 1 aromatic heterocycles. The third kappa shape index (κ3) is 2.03. The number of hydrogen-bond acceptors (Lipinski definition) is 1. The second-order valence-electron chi connectivity index (χ2n) is 7.35. The minimum Gasteiger partial charge on any atom is -0.256 e. The summed E-state index contributed by atoms with van der Waals surface area (Å²) in [5.74, 6) is 0. The van der Waals surface area contributed by atoms with E-state index in [0.29, 0.717) is 0 Å². The van der Waals surface area contributed by atoms with Crippen LogP contribution in [0.25, 0.3) is 54.3 Å². The van der Waals surface area contributed by atoms with Crippen LogP contribution < -0.4 is 0 Å². The smallest absolute Gasteiger partial charge is 0.0714 e. The Morgan fingerprint density at radius 2 is 1.48 bits per heavy atom. The molecular formula is C26H17N. The van der Waals surface area contributed by atoms with Crippen LogP contribution >= 0.6 is 0 Å². The predicted octanol–water partition coefficient (Wildman–Crippen LogP) is 7.11. The van der Waals surface area contributed by atoms with E-state index in [2.05, 4.69) is 90.8 Å². The summed E-state index contributed by atoms with van der Waals surface area (Å²) >= 11 is 0. The van der Waals surface area contributed by atoms with Crippen LogP contribution in [0, 0.1) is 6.92 Å². The van der Waals surface area contributed by atoms with Crippen LogP contribution in [0.3, 0.4) is 0 Å². The number of hydrogen-bond donors (Lipinski definition) is 0. The van der Waals surface area contributed by atoms with Crippen molar-refractivity contribution in [3.63, 3.8) is 0 Å². The van der Waals surface area contributed by atoms with Crippen LogP contribution in [0.4, 0.5) is 0 Å². The van der Waals surface area contributed by atoms with Crippen molar-refractivity contribution in [2.24, 2.45) is 0 Å². The van der Waals surface area contributed by atoms with Gasteiger partial charge in [-0.3, -0.25) is 4.98 Å². The zero-order valence-corrected chi connectivity index (χ0v) is 15.0. The van der Waals surface area contributed by atoms with Gasteiger partial charge in [0.1, 0.15) is 0 Å². The fourth-order valence-corrected chi connectivity index (χ4v) is 4.42. The number of aromatic nitrogens is 1. The Labute approximate surface area is 157 Å². The third-order valence-corrected chi connectivity index (χ3v) is 5.71. The summed E-state index contributed by atoms with van der Waals surface area (Å²) in [6.07, 6.45) is 1.93. The Morgan fingerprint density at radius 1 is 0.630 bits per heavy atom. The van der Waals surface area contributed by atoms with Crippen LogP contribution in [0.1, 0.15) is 5.56 Å². The van der Waals surface area contributed by atoms with Gasteiger partial charge < -0.3 is 0 Å². The van der Waals surface area contributed by atoms with Gasteiger partial charge in [-0.2, -0.15) is 0 Å². The highest BCUT2D eigenvalue weighted by Crippen LogP contribution is 2.42. The number of aryl methyl sites for hydroxylation is 1. The molecule has 0 aliphatic rings. The lowest BCUT2D eigenvalue weighted by Crippen LogP contribution is -1.90. The molecule has 0 fully saturated rings. The molecule has 0 amide bonds. The van der Waals surface area contributed by atoms with Crippen molar-refractivity contribution in [2.75, 3.05) is 0 Å². The molecule has 0 unspecified atom stereocenters. The van der Waals surface area contributed by atoms with E-state index in [4.69, 9.17) is 0 Å². The van der Waals surface area contributed by atoms with Gasteiger partial charge >= 0.3 is 0 Å². The molecule has 0 radical (unpaired) electrons. The van der Waals surface area contributed by atoms with Crippen LogP contribution in [-0.4, -0.2) is 4.98 Å². The molecule has 0 bridgehead atoms. The number of benzene rings is 5. The van der Waals surface area contributed by atoms with Crippen LogP contribution in [0.15, 0.2) is 85.1 Å². The Hall–Kier alpha value is -3.45. The van der Waals surface area contributed by atoms with E-state index in [0.717, 1.165) is 5.52 Å². The molecular weight excluding hydrogens is 326 g/mol. The molecule has 0 spiro atoms. The number of nitrogens with zero attached hydrogens (tertiary/aromatic N) is 1. The Kier molecular flexibility index (Phi) is 2.87. The summed E-state index contributed by atoms with van der Waals surface area (Å²) in [7, 11) is 0. The second kappa shape index (κ2) is 5.28. The first kappa shape index (κ1) is 14.7. The van der Waals surface area contributed by atoms with Crippen molar-refractivity contribution < 1.29 is 0 Å². The lowest BCUT2D eigenvalue weighted by Gasteiger charge is -2.16. The molecule has 126 valence electrons. The van der Waals surface area contributed by atoms with Crippen molar-refractivity contribution in [3.05, 3.63) is 90.6 Å². The van der Waals surface area contributed by atoms with Gasteiger partial charge in [0.2, 0.25) is 0 Å². The summed E-state index contributed by atoms with van der Waals surface area (Å²) in [6, 6.07) is 28.7. The van der Waals surface area contributed by atoms with Gasteiger partial charge in [-0.25, -0.2) is 0 Å². The highest BCUT2D eigenvalue weighted by atomic mass is 14.6. The zero-order valence-electron chi connectivity index (χ0n) is 15.0. The van der Waals surface area contributed by atoms with Crippen molar-refractivity contribution in [2.45, 2.75) is 6.92 Å². The first-order valence-electron chi connectivity index (χ1n) is 9.32. The van der Waals surface area contributed by atoms with Gasteiger partial charge in [-0.05, 0) is 74.6 Å². The van der Waals surface area contributed by atoms with E-state index in [1.807, 2.05) is 6.20 Å². The van der Waals surface area contributed by atoms with Crippen molar-refractivity contribution >= 4 is 43.2 Å². The third-order valence-electron chi connectivity index (χ3n) is 5.71. The largest absolute Gasteiger partial charge is 0.256 e. The standard InChI is InChI=1S/C26H17N/c1-16-6-8-17(9-7-16)23-15-19-14-18-4-2-3-5-20(18)21-10-11-24-26(25(19)21)22(23)12-13-27-24/h2-15H,1H3. The number of rotatable bonds is 1. The maximum atomic E-state index is 4.66. The van der Waals surface area contributed by atoms with E-state index >= 15 is 0 Å². The first-order valence-corrected chi connectivity index (χ1v) is 9.32. The molecule has 0 aliphatic carbocycles. The van der Waals surface area contributed by atoms with Gasteiger partial charge in [0, 0.05) is 11.6 Å².